The van der Waals surface area contributed by atoms with E-state index in [1.807, 2.05) is 42.5 Å². The number of hydrogen-bond acceptors (Lipinski definition) is 5. The summed E-state index contributed by atoms with van der Waals surface area (Å²) in [5.74, 6) is 0.0480. The van der Waals surface area contributed by atoms with E-state index < -0.39 is 0 Å². The quantitative estimate of drug-likeness (QED) is 0.660. The van der Waals surface area contributed by atoms with Crippen molar-refractivity contribution in [1.82, 2.24) is 20.2 Å². The molecule has 1 aromatic heterocycles. The van der Waals surface area contributed by atoms with Crippen molar-refractivity contribution < 1.29 is 4.79 Å². The standard InChI is InChI=1S/C16H13ClN4OS/c1-11(22)15(12-5-3-2-4-6-12)23-16-18-19-20-21(16)14-9-7-13(17)8-10-14/h2-10,15H,1H3/t15-/m1/s1. The van der Waals surface area contributed by atoms with Gasteiger partial charge in [-0.1, -0.05) is 53.7 Å². The lowest BCUT2D eigenvalue weighted by molar-refractivity contribution is -0.116. The van der Waals surface area contributed by atoms with Crippen LogP contribution in [0.3, 0.4) is 0 Å². The van der Waals surface area contributed by atoms with E-state index in [2.05, 4.69) is 15.5 Å². The molecule has 3 aromatic rings. The molecule has 0 amide bonds. The van der Waals surface area contributed by atoms with Crippen molar-refractivity contribution in [2.75, 3.05) is 0 Å². The number of thioether (sulfide) groups is 1. The van der Waals surface area contributed by atoms with Crippen LogP contribution in [0, 0.1) is 0 Å². The molecule has 0 radical (unpaired) electrons. The number of carbonyl (C=O) groups excluding carboxylic acids is 1. The predicted octanol–water partition coefficient (Wildman–Crippen LogP) is 3.74. The SMILES string of the molecule is CC(=O)[C@@H](Sc1nnnn1-c1ccc(Cl)cc1)c1ccccc1. The van der Waals surface area contributed by atoms with E-state index in [1.54, 1.807) is 23.7 Å². The van der Waals surface area contributed by atoms with Crippen LogP contribution >= 0.6 is 23.4 Å². The molecular formula is C16H13ClN4OS. The lowest BCUT2D eigenvalue weighted by atomic mass is 10.1. The highest BCUT2D eigenvalue weighted by atomic mass is 35.5. The maximum absolute atomic E-state index is 12.0. The first kappa shape index (κ1) is 15.7. The van der Waals surface area contributed by atoms with Crippen LogP contribution in [-0.4, -0.2) is 26.0 Å². The largest absolute Gasteiger partial charge is 0.298 e. The highest BCUT2D eigenvalue weighted by molar-refractivity contribution is 8.00. The molecule has 2 aromatic carbocycles. The highest BCUT2D eigenvalue weighted by Crippen LogP contribution is 2.35. The van der Waals surface area contributed by atoms with Crippen LogP contribution in [0.25, 0.3) is 5.69 Å². The second-order valence-corrected chi connectivity index (χ2v) is 6.38. The zero-order chi connectivity index (χ0) is 16.2. The molecule has 0 unspecified atom stereocenters. The van der Waals surface area contributed by atoms with Gasteiger partial charge in [0, 0.05) is 5.02 Å². The summed E-state index contributed by atoms with van der Waals surface area (Å²) in [5.41, 5.74) is 1.72. The molecule has 0 aliphatic rings. The van der Waals surface area contributed by atoms with Crippen molar-refractivity contribution in [3.63, 3.8) is 0 Å². The Labute approximate surface area is 142 Å². The van der Waals surface area contributed by atoms with Crippen LogP contribution in [0.5, 0.6) is 0 Å². The van der Waals surface area contributed by atoms with Gasteiger partial charge in [0.2, 0.25) is 5.16 Å². The Morgan fingerprint density at radius 2 is 1.83 bits per heavy atom. The second kappa shape index (κ2) is 6.93. The smallest absolute Gasteiger partial charge is 0.215 e. The van der Waals surface area contributed by atoms with Gasteiger partial charge in [0.25, 0.3) is 0 Å². The molecule has 0 N–H and O–H groups in total. The number of tetrazole rings is 1. The number of hydrogen-bond donors (Lipinski definition) is 0. The van der Waals surface area contributed by atoms with Crippen LogP contribution in [0.15, 0.2) is 59.8 Å². The highest BCUT2D eigenvalue weighted by Gasteiger charge is 2.22. The van der Waals surface area contributed by atoms with Crippen LogP contribution in [0.4, 0.5) is 0 Å². The third kappa shape index (κ3) is 3.60. The Hall–Kier alpha value is -2.18. The minimum Gasteiger partial charge on any atom is -0.298 e. The summed E-state index contributed by atoms with van der Waals surface area (Å²) < 4.78 is 1.60. The van der Waals surface area contributed by atoms with Gasteiger partial charge < -0.3 is 0 Å². The molecule has 0 saturated heterocycles. The lowest BCUT2D eigenvalue weighted by Crippen LogP contribution is -2.07. The van der Waals surface area contributed by atoms with Gasteiger partial charge in [-0.15, -0.1) is 5.10 Å². The fourth-order valence-corrected chi connectivity index (χ4v) is 3.24. The molecule has 5 nitrogen and oxygen atoms in total. The minimum absolute atomic E-state index is 0.0480. The molecule has 0 aliphatic carbocycles. The van der Waals surface area contributed by atoms with Crippen molar-refractivity contribution >= 4 is 29.1 Å². The monoisotopic (exact) mass is 344 g/mol. The van der Waals surface area contributed by atoms with Gasteiger partial charge in [0.15, 0.2) is 0 Å². The summed E-state index contributed by atoms with van der Waals surface area (Å²) in [5, 5.41) is 12.6. The van der Waals surface area contributed by atoms with Crippen molar-refractivity contribution in [3.05, 3.63) is 65.2 Å². The van der Waals surface area contributed by atoms with E-state index in [-0.39, 0.29) is 11.0 Å². The zero-order valence-electron chi connectivity index (χ0n) is 12.3. The molecule has 0 bridgehead atoms. The Balaban J connectivity index is 1.92. The molecule has 23 heavy (non-hydrogen) atoms. The molecule has 1 heterocycles. The third-order valence-electron chi connectivity index (χ3n) is 3.21. The molecule has 0 saturated carbocycles. The summed E-state index contributed by atoms with van der Waals surface area (Å²) in [6.45, 7) is 1.57. The lowest BCUT2D eigenvalue weighted by Gasteiger charge is -2.13. The van der Waals surface area contributed by atoms with Gasteiger partial charge in [-0.25, -0.2) is 0 Å². The Morgan fingerprint density at radius 1 is 1.13 bits per heavy atom. The van der Waals surface area contributed by atoms with Crippen LogP contribution < -0.4 is 0 Å². The number of aromatic nitrogens is 4. The van der Waals surface area contributed by atoms with E-state index in [0.29, 0.717) is 10.2 Å². The minimum atomic E-state index is -0.353. The predicted molar refractivity (Wildman–Crippen MR) is 89.9 cm³/mol. The Bertz CT molecular complexity index is 804. The number of nitrogens with zero attached hydrogens (tertiary/aromatic N) is 4. The maximum atomic E-state index is 12.0. The van der Waals surface area contributed by atoms with Crippen LogP contribution in [0.1, 0.15) is 17.7 Å². The van der Waals surface area contributed by atoms with E-state index in [4.69, 9.17) is 11.6 Å². The number of carbonyl (C=O) groups is 1. The first-order valence-electron chi connectivity index (χ1n) is 6.91. The van der Waals surface area contributed by atoms with Gasteiger partial charge in [-0.3, -0.25) is 4.79 Å². The number of rotatable bonds is 5. The molecule has 116 valence electrons. The van der Waals surface area contributed by atoms with Crippen LogP contribution in [0.2, 0.25) is 5.02 Å². The first-order chi connectivity index (χ1) is 11.1. The Morgan fingerprint density at radius 3 is 2.48 bits per heavy atom. The number of Topliss-reactive ketones (excluding diaryl/α,β-unsaturated/α-hetero) is 1. The maximum Gasteiger partial charge on any atom is 0.215 e. The number of halogens is 1. The fourth-order valence-electron chi connectivity index (χ4n) is 2.12. The average Bonchev–Trinajstić information content (AvgIpc) is 3.02. The third-order valence-corrected chi connectivity index (χ3v) is 4.76. The van der Waals surface area contributed by atoms with Gasteiger partial charge >= 0.3 is 0 Å². The summed E-state index contributed by atoms with van der Waals surface area (Å²) in [7, 11) is 0. The summed E-state index contributed by atoms with van der Waals surface area (Å²) >= 11 is 7.23. The molecule has 0 fully saturated rings. The van der Waals surface area contributed by atoms with Gasteiger partial charge in [0.05, 0.1) is 10.9 Å². The van der Waals surface area contributed by atoms with Crippen molar-refractivity contribution in [3.8, 4) is 5.69 Å². The number of benzene rings is 2. The van der Waals surface area contributed by atoms with Gasteiger partial charge in [0.1, 0.15) is 5.78 Å². The van der Waals surface area contributed by atoms with E-state index in [9.17, 15) is 4.79 Å². The number of ketones is 1. The normalized spacial score (nSPS) is 12.1. The summed E-state index contributed by atoms with van der Waals surface area (Å²) in [6.07, 6.45) is 0. The van der Waals surface area contributed by atoms with E-state index >= 15 is 0 Å². The zero-order valence-corrected chi connectivity index (χ0v) is 13.8. The first-order valence-corrected chi connectivity index (χ1v) is 8.17. The molecule has 3 rings (SSSR count). The summed E-state index contributed by atoms with van der Waals surface area (Å²) in [6, 6.07) is 16.8. The van der Waals surface area contributed by atoms with Gasteiger partial charge in [-0.2, -0.15) is 4.68 Å². The molecule has 7 heteroatoms. The molecule has 0 spiro atoms. The molecular weight excluding hydrogens is 332 g/mol. The van der Waals surface area contributed by atoms with Gasteiger partial charge in [-0.05, 0) is 47.2 Å². The van der Waals surface area contributed by atoms with E-state index in [1.165, 1.54) is 11.8 Å². The van der Waals surface area contributed by atoms with Crippen molar-refractivity contribution in [1.29, 1.82) is 0 Å². The average molecular weight is 345 g/mol. The summed E-state index contributed by atoms with van der Waals surface area (Å²) in [4.78, 5) is 12.0. The topological polar surface area (TPSA) is 60.7 Å². The Kier molecular flexibility index (Phi) is 4.73. The molecule has 0 aliphatic heterocycles. The molecule has 1 atom stereocenters. The fraction of sp³-hybridized carbons (Fsp3) is 0.125. The van der Waals surface area contributed by atoms with E-state index in [0.717, 1.165) is 11.3 Å². The van der Waals surface area contributed by atoms with Crippen LogP contribution in [-0.2, 0) is 4.79 Å². The van der Waals surface area contributed by atoms with Crippen molar-refractivity contribution in [2.45, 2.75) is 17.3 Å². The second-order valence-electron chi connectivity index (χ2n) is 4.87. The van der Waals surface area contributed by atoms with Crippen molar-refractivity contribution in [2.24, 2.45) is 0 Å².